The van der Waals surface area contributed by atoms with Crippen LogP contribution < -0.4 is 4.90 Å². The third-order valence-corrected chi connectivity index (χ3v) is 5.47. The molecule has 3 heterocycles. The summed E-state index contributed by atoms with van der Waals surface area (Å²) in [4.78, 5) is 7.15. The van der Waals surface area contributed by atoms with Gasteiger partial charge in [0.05, 0.1) is 6.10 Å². The van der Waals surface area contributed by atoms with Gasteiger partial charge in [0.15, 0.2) is 0 Å². The molecule has 3 aliphatic rings. The van der Waals surface area contributed by atoms with E-state index in [4.69, 9.17) is 9.72 Å². The van der Waals surface area contributed by atoms with E-state index < -0.39 is 0 Å². The van der Waals surface area contributed by atoms with Crippen LogP contribution >= 0.6 is 11.5 Å². The molecular formula is C14H21N3OS. The molecule has 1 unspecified atom stereocenters. The summed E-state index contributed by atoms with van der Waals surface area (Å²) in [6, 6.07) is 0. The molecule has 1 aliphatic carbocycles. The van der Waals surface area contributed by atoms with Crippen molar-refractivity contribution in [2.24, 2.45) is 5.92 Å². The van der Waals surface area contributed by atoms with Gasteiger partial charge in [-0.15, -0.1) is 0 Å². The number of nitrogens with zero attached hydrogens (tertiary/aromatic N) is 3. The topological polar surface area (TPSA) is 38.2 Å². The lowest BCUT2D eigenvalue weighted by Crippen LogP contribution is -2.37. The van der Waals surface area contributed by atoms with Crippen LogP contribution in [0.1, 0.15) is 50.3 Å². The highest BCUT2D eigenvalue weighted by Gasteiger charge is 2.32. The van der Waals surface area contributed by atoms with Crippen LogP contribution in [0.2, 0.25) is 0 Å². The van der Waals surface area contributed by atoms with Gasteiger partial charge < -0.3 is 9.64 Å². The van der Waals surface area contributed by atoms with Crippen molar-refractivity contribution in [1.82, 2.24) is 9.36 Å². The van der Waals surface area contributed by atoms with Gasteiger partial charge in [-0.25, -0.2) is 4.98 Å². The smallest absolute Gasteiger partial charge is 0.205 e. The van der Waals surface area contributed by atoms with E-state index in [1.54, 1.807) is 11.5 Å². The Kier molecular flexibility index (Phi) is 3.19. The van der Waals surface area contributed by atoms with E-state index in [9.17, 15) is 0 Å². The fraction of sp³-hybridized carbons (Fsp3) is 0.857. The number of hydrogen-bond donors (Lipinski definition) is 0. The first-order valence-corrected chi connectivity index (χ1v) is 8.37. The van der Waals surface area contributed by atoms with Gasteiger partial charge in [0.1, 0.15) is 5.82 Å². The van der Waals surface area contributed by atoms with Crippen molar-refractivity contribution in [3.05, 3.63) is 5.82 Å². The van der Waals surface area contributed by atoms with Crippen LogP contribution in [0.25, 0.3) is 0 Å². The maximum absolute atomic E-state index is 5.83. The molecule has 5 heteroatoms. The van der Waals surface area contributed by atoms with E-state index in [1.165, 1.54) is 38.5 Å². The Morgan fingerprint density at radius 2 is 1.95 bits per heavy atom. The van der Waals surface area contributed by atoms with Gasteiger partial charge in [-0.2, -0.15) is 4.37 Å². The molecule has 104 valence electrons. The lowest BCUT2D eigenvalue weighted by Gasteiger charge is -2.33. The van der Waals surface area contributed by atoms with E-state index in [2.05, 4.69) is 9.27 Å². The Morgan fingerprint density at radius 1 is 1.11 bits per heavy atom. The highest BCUT2D eigenvalue weighted by atomic mass is 32.1. The summed E-state index contributed by atoms with van der Waals surface area (Å²) in [6.45, 7) is 3.24. The van der Waals surface area contributed by atoms with Crippen LogP contribution in [-0.4, -0.2) is 35.2 Å². The molecule has 1 atom stereocenters. The molecular weight excluding hydrogens is 258 g/mol. The minimum atomic E-state index is 0.540. The standard InChI is InChI=1S/C14H21N3OS/c1-2-12(18-9-1)10-5-7-17(8-6-10)14-15-13(16-19-14)11-3-4-11/h10-12H,1-9H2. The molecule has 1 aromatic heterocycles. The second-order valence-electron chi connectivity index (χ2n) is 6.09. The van der Waals surface area contributed by atoms with Crippen LogP contribution in [0, 0.1) is 5.92 Å². The van der Waals surface area contributed by atoms with Gasteiger partial charge in [-0.05, 0) is 44.4 Å². The van der Waals surface area contributed by atoms with Crippen molar-refractivity contribution in [3.8, 4) is 0 Å². The highest BCUT2D eigenvalue weighted by molar-refractivity contribution is 7.09. The second kappa shape index (κ2) is 5.02. The summed E-state index contributed by atoms with van der Waals surface area (Å²) >= 11 is 1.59. The Hall–Kier alpha value is -0.680. The normalized spacial score (nSPS) is 29.1. The van der Waals surface area contributed by atoms with Crippen molar-refractivity contribution >= 4 is 16.7 Å². The summed E-state index contributed by atoms with van der Waals surface area (Å²) in [5.41, 5.74) is 0. The Morgan fingerprint density at radius 3 is 2.63 bits per heavy atom. The van der Waals surface area contributed by atoms with Crippen molar-refractivity contribution < 1.29 is 4.74 Å². The summed E-state index contributed by atoms with van der Waals surface area (Å²) in [5.74, 6) is 2.55. The molecule has 0 spiro atoms. The van der Waals surface area contributed by atoms with Gasteiger partial charge >= 0.3 is 0 Å². The van der Waals surface area contributed by atoms with E-state index >= 15 is 0 Å². The monoisotopic (exact) mass is 279 g/mol. The maximum Gasteiger partial charge on any atom is 0.205 e. The summed E-state index contributed by atoms with van der Waals surface area (Å²) in [5, 5.41) is 1.15. The second-order valence-corrected chi connectivity index (χ2v) is 6.82. The Labute approximate surface area is 118 Å². The zero-order valence-electron chi connectivity index (χ0n) is 11.3. The lowest BCUT2D eigenvalue weighted by molar-refractivity contribution is 0.0531. The van der Waals surface area contributed by atoms with E-state index in [0.29, 0.717) is 12.0 Å². The minimum Gasteiger partial charge on any atom is -0.378 e. The zero-order valence-corrected chi connectivity index (χ0v) is 12.1. The summed E-state index contributed by atoms with van der Waals surface area (Å²) in [6.07, 6.45) is 8.15. The Bertz CT molecular complexity index is 432. The van der Waals surface area contributed by atoms with Gasteiger partial charge in [-0.1, -0.05) is 0 Å². The van der Waals surface area contributed by atoms with Gasteiger partial charge in [-0.3, -0.25) is 0 Å². The van der Waals surface area contributed by atoms with Gasteiger partial charge in [0, 0.05) is 37.1 Å². The van der Waals surface area contributed by atoms with Crippen LogP contribution in [-0.2, 0) is 4.74 Å². The maximum atomic E-state index is 5.83. The summed E-state index contributed by atoms with van der Waals surface area (Å²) < 4.78 is 10.3. The van der Waals surface area contributed by atoms with Crippen LogP contribution in [0.4, 0.5) is 5.13 Å². The molecule has 0 amide bonds. The fourth-order valence-corrected chi connectivity index (χ4v) is 4.10. The molecule has 1 aromatic rings. The van der Waals surface area contributed by atoms with Crippen LogP contribution in [0.5, 0.6) is 0 Å². The molecule has 0 bridgehead atoms. The number of rotatable bonds is 3. The first-order valence-electron chi connectivity index (χ1n) is 7.60. The Balaban J connectivity index is 1.36. The molecule has 4 rings (SSSR count). The fourth-order valence-electron chi connectivity index (χ4n) is 3.30. The third-order valence-electron chi connectivity index (χ3n) is 4.67. The molecule has 0 radical (unpaired) electrons. The predicted octanol–water partition coefficient (Wildman–Crippen LogP) is 2.81. The number of anilines is 1. The summed E-state index contributed by atoms with van der Waals surface area (Å²) in [7, 11) is 0. The van der Waals surface area contributed by atoms with Crippen molar-refractivity contribution in [2.45, 2.75) is 50.5 Å². The molecule has 2 aliphatic heterocycles. The quantitative estimate of drug-likeness (QED) is 0.853. The number of aromatic nitrogens is 2. The highest BCUT2D eigenvalue weighted by Crippen LogP contribution is 2.40. The molecule has 19 heavy (non-hydrogen) atoms. The van der Waals surface area contributed by atoms with Crippen molar-refractivity contribution in [2.75, 3.05) is 24.6 Å². The van der Waals surface area contributed by atoms with E-state index in [0.717, 1.165) is 36.6 Å². The number of ether oxygens (including phenoxy) is 1. The zero-order chi connectivity index (χ0) is 12.7. The van der Waals surface area contributed by atoms with Crippen LogP contribution in [0.3, 0.4) is 0 Å². The van der Waals surface area contributed by atoms with Gasteiger partial charge in [0.2, 0.25) is 5.13 Å². The average molecular weight is 279 g/mol. The largest absolute Gasteiger partial charge is 0.378 e. The molecule has 2 saturated heterocycles. The molecule has 0 aromatic carbocycles. The number of piperidine rings is 1. The first-order chi connectivity index (χ1) is 9.40. The first kappa shape index (κ1) is 12.1. The van der Waals surface area contributed by atoms with E-state index in [1.807, 2.05) is 0 Å². The van der Waals surface area contributed by atoms with E-state index in [-0.39, 0.29) is 0 Å². The third kappa shape index (κ3) is 2.50. The minimum absolute atomic E-state index is 0.540. The molecule has 0 N–H and O–H groups in total. The average Bonchev–Trinajstić information content (AvgIpc) is 2.97. The molecule has 1 saturated carbocycles. The molecule has 3 fully saturated rings. The molecule has 4 nitrogen and oxygen atoms in total. The van der Waals surface area contributed by atoms with Crippen molar-refractivity contribution in [1.29, 1.82) is 0 Å². The number of hydrogen-bond acceptors (Lipinski definition) is 5. The van der Waals surface area contributed by atoms with Gasteiger partial charge in [0.25, 0.3) is 0 Å². The predicted molar refractivity (Wildman–Crippen MR) is 75.8 cm³/mol. The van der Waals surface area contributed by atoms with Crippen LogP contribution in [0.15, 0.2) is 0 Å². The van der Waals surface area contributed by atoms with Crippen molar-refractivity contribution in [3.63, 3.8) is 0 Å². The SMILES string of the molecule is C1COC(C2CCN(c3nc(C4CC4)ns3)CC2)C1. The lowest BCUT2D eigenvalue weighted by atomic mass is 9.90.